The number of nitrogens with one attached hydrogen (secondary N) is 1. The van der Waals surface area contributed by atoms with Crippen molar-refractivity contribution in [2.75, 3.05) is 5.32 Å². The van der Waals surface area contributed by atoms with Crippen molar-refractivity contribution in [1.82, 2.24) is 14.8 Å². The Labute approximate surface area is 99.3 Å². The molecule has 16 heavy (non-hydrogen) atoms. The van der Waals surface area contributed by atoms with E-state index < -0.39 is 0 Å². The fourth-order valence-electron chi connectivity index (χ4n) is 1.50. The zero-order valence-corrected chi connectivity index (χ0v) is 10.8. The maximum atomic E-state index is 4.37. The molecule has 0 saturated carbocycles. The molecule has 1 N–H and O–H groups in total. The molecule has 0 aromatic carbocycles. The van der Waals surface area contributed by atoms with Crippen LogP contribution in [0.5, 0.6) is 0 Å². The van der Waals surface area contributed by atoms with E-state index in [9.17, 15) is 0 Å². The van der Waals surface area contributed by atoms with Crippen LogP contribution < -0.4 is 5.32 Å². The normalized spacial score (nSPS) is 12.8. The van der Waals surface area contributed by atoms with Gasteiger partial charge in [0.25, 0.3) is 0 Å². The fraction of sp³-hybridized carbons (Fsp3) is 0.455. The molecule has 0 aliphatic carbocycles. The van der Waals surface area contributed by atoms with Gasteiger partial charge in [-0.2, -0.15) is 5.10 Å². The minimum absolute atomic E-state index is 0.250. The Morgan fingerprint density at radius 1 is 1.44 bits per heavy atom. The van der Waals surface area contributed by atoms with Crippen LogP contribution in [0.25, 0.3) is 0 Å². The van der Waals surface area contributed by atoms with Gasteiger partial charge < -0.3 is 5.32 Å². The van der Waals surface area contributed by atoms with Crippen LogP contribution in [-0.2, 0) is 7.05 Å². The minimum Gasteiger partial charge on any atom is -0.361 e. The van der Waals surface area contributed by atoms with Gasteiger partial charge in [-0.05, 0) is 20.8 Å². The highest BCUT2D eigenvalue weighted by atomic mass is 32.1. The van der Waals surface area contributed by atoms with Gasteiger partial charge in [0.05, 0.1) is 11.0 Å². The Morgan fingerprint density at radius 3 is 2.69 bits per heavy atom. The van der Waals surface area contributed by atoms with Crippen LogP contribution in [0.3, 0.4) is 0 Å². The van der Waals surface area contributed by atoms with Crippen molar-refractivity contribution in [3.05, 3.63) is 27.8 Å². The molecule has 0 aliphatic heterocycles. The van der Waals surface area contributed by atoms with Gasteiger partial charge >= 0.3 is 0 Å². The van der Waals surface area contributed by atoms with Gasteiger partial charge in [-0.1, -0.05) is 0 Å². The topological polar surface area (TPSA) is 42.7 Å². The molecule has 0 radical (unpaired) electrons. The molecule has 1 unspecified atom stereocenters. The van der Waals surface area contributed by atoms with Crippen LogP contribution in [0.15, 0.2) is 12.3 Å². The first-order chi connectivity index (χ1) is 7.56. The first kappa shape index (κ1) is 11.1. The quantitative estimate of drug-likeness (QED) is 0.891. The predicted molar refractivity (Wildman–Crippen MR) is 66.8 cm³/mol. The Morgan fingerprint density at radius 2 is 2.19 bits per heavy atom. The Hall–Kier alpha value is -1.36. The lowest BCUT2D eigenvalue weighted by atomic mass is 10.3. The van der Waals surface area contributed by atoms with Crippen molar-refractivity contribution in [3.8, 4) is 0 Å². The summed E-state index contributed by atoms with van der Waals surface area (Å²) in [5.41, 5.74) is 1.15. The molecule has 2 heterocycles. The molecule has 0 fully saturated rings. The standard InChI is InChI=1S/C11H16N4S/c1-7-5-11(14-15(7)4)13-8(2)10-6-12-9(3)16-10/h5-6,8H,1-4H3,(H,13,14). The molecule has 0 bridgehead atoms. The molecule has 0 spiro atoms. The lowest BCUT2D eigenvalue weighted by Crippen LogP contribution is -2.05. The lowest BCUT2D eigenvalue weighted by molar-refractivity contribution is 0.736. The van der Waals surface area contributed by atoms with Gasteiger partial charge in [0, 0.05) is 29.9 Å². The average Bonchev–Trinajstić information content (AvgIpc) is 2.75. The molecule has 0 amide bonds. The van der Waals surface area contributed by atoms with Gasteiger partial charge in [0.2, 0.25) is 0 Å². The molecule has 2 aromatic heterocycles. The third-order valence-corrected chi connectivity index (χ3v) is 3.64. The summed E-state index contributed by atoms with van der Waals surface area (Å²) in [5, 5.41) is 8.84. The summed E-state index contributed by atoms with van der Waals surface area (Å²) in [5.74, 6) is 0.915. The fourth-order valence-corrected chi connectivity index (χ4v) is 2.29. The molecule has 4 nitrogen and oxygen atoms in total. The van der Waals surface area contributed by atoms with Crippen LogP contribution in [-0.4, -0.2) is 14.8 Å². The number of nitrogens with zero attached hydrogens (tertiary/aromatic N) is 3. The second-order valence-electron chi connectivity index (χ2n) is 3.94. The third-order valence-electron chi connectivity index (χ3n) is 2.54. The summed E-state index contributed by atoms with van der Waals surface area (Å²) in [6.45, 7) is 6.18. The Kier molecular flexibility index (Phi) is 2.96. The zero-order chi connectivity index (χ0) is 11.7. The van der Waals surface area contributed by atoms with Crippen molar-refractivity contribution in [2.24, 2.45) is 7.05 Å². The number of hydrogen-bond donors (Lipinski definition) is 1. The van der Waals surface area contributed by atoms with E-state index in [-0.39, 0.29) is 6.04 Å². The Bertz CT molecular complexity index is 466. The van der Waals surface area contributed by atoms with Crippen LogP contribution in [0.1, 0.15) is 28.5 Å². The second-order valence-corrected chi connectivity index (χ2v) is 5.21. The van der Waals surface area contributed by atoms with E-state index in [0.29, 0.717) is 0 Å². The first-order valence-electron chi connectivity index (χ1n) is 5.26. The van der Waals surface area contributed by atoms with Gasteiger partial charge in [-0.15, -0.1) is 11.3 Å². The number of hydrogen-bond acceptors (Lipinski definition) is 4. The van der Waals surface area contributed by atoms with Crippen molar-refractivity contribution in [1.29, 1.82) is 0 Å². The number of rotatable bonds is 3. The monoisotopic (exact) mass is 236 g/mol. The molecule has 2 aromatic rings. The number of thiazole rings is 1. The highest BCUT2D eigenvalue weighted by molar-refractivity contribution is 7.11. The molecular weight excluding hydrogens is 220 g/mol. The molecule has 5 heteroatoms. The maximum absolute atomic E-state index is 4.37. The molecule has 86 valence electrons. The third kappa shape index (κ3) is 2.24. The maximum Gasteiger partial charge on any atom is 0.148 e. The summed E-state index contributed by atoms with van der Waals surface area (Å²) < 4.78 is 1.87. The van der Waals surface area contributed by atoms with Crippen molar-refractivity contribution >= 4 is 17.2 Å². The van der Waals surface area contributed by atoms with Gasteiger partial charge in [-0.3, -0.25) is 4.68 Å². The van der Waals surface area contributed by atoms with Crippen LogP contribution in [0.2, 0.25) is 0 Å². The Balaban J connectivity index is 2.10. The molecule has 2 rings (SSSR count). The first-order valence-corrected chi connectivity index (χ1v) is 6.07. The average molecular weight is 236 g/mol. The molecule has 0 aliphatic rings. The largest absolute Gasteiger partial charge is 0.361 e. The van der Waals surface area contributed by atoms with E-state index in [0.717, 1.165) is 16.5 Å². The highest BCUT2D eigenvalue weighted by Gasteiger charge is 2.10. The second kappa shape index (κ2) is 4.25. The summed E-state index contributed by atoms with van der Waals surface area (Å²) in [6, 6.07) is 2.30. The summed E-state index contributed by atoms with van der Waals surface area (Å²) in [7, 11) is 1.95. The van der Waals surface area contributed by atoms with Crippen LogP contribution in [0, 0.1) is 13.8 Å². The minimum atomic E-state index is 0.250. The van der Waals surface area contributed by atoms with Gasteiger partial charge in [0.1, 0.15) is 5.82 Å². The predicted octanol–water partition coefficient (Wildman–Crippen LogP) is 2.67. The van der Waals surface area contributed by atoms with E-state index in [1.807, 2.05) is 37.8 Å². The SMILES string of the molecule is Cc1ncc(C(C)Nc2cc(C)n(C)n2)s1. The van der Waals surface area contributed by atoms with Crippen molar-refractivity contribution in [3.63, 3.8) is 0 Å². The summed E-state index contributed by atoms with van der Waals surface area (Å²) in [4.78, 5) is 5.49. The lowest BCUT2D eigenvalue weighted by Gasteiger charge is -2.09. The van der Waals surface area contributed by atoms with E-state index in [2.05, 4.69) is 22.3 Å². The van der Waals surface area contributed by atoms with Gasteiger partial charge in [-0.25, -0.2) is 4.98 Å². The van der Waals surface area contributed by atoms with Crippen molar-refractivity contribution in [2.45, 2.75) is 26.8 Å². The summed E-state index contributed by atoms with van der Waals surface area (Å²) >= 11 is 1.72. The molecular formula is C11H16N4S. The van der Waals surface area contributed by atoms with E-state index >= 15 is 0 Å². The highest BCUT2D eigenvalue weighted by Crippen LogP contribution is 2.23. The molecule has 0 saturated heterocycles. The number of anilines is 1. The number of aromatic nitrogens is 3. The number of aryl methyl sites for hydroxylation is 3. The van der Waals surface area contributed by atoms with Crippen LogP contribution >= 0.6 is 11.3 Å². The van der Waals surface area contributed by atoms with E-state index in [1.165, 1.54) is 4.88 Å². The van der Waals surface area contributed by atoms with Crippen molar-refractivity contribution < 1.29 is 0 Å². The smallest absolute Gasteiger partial charge is 0.148 e. The summed E-state index contributed by atoms with van der Waals surface area (Å²) in [6.07, 6.45) is 1.92. The zero-order valence-electron chi connectivity index (χ0n) is 9.98. The van der Waals surface area contributed by atoms with E-state index in [4.69, 9.17) is 0 Å². The van der Waals surface area contributed by atoms with Crippen LogP contribution in [0.4, 0.5) is 5.82 Å². The van der Waals surface area contributed by atoms with Gasteiger partial charge in [0.15, 0.2) is 0 Å². The van der Waals surface area contributed by atoms with E-state index in [1.54, 1.807) is 11.3 Å². The molecule has 1 atom stereocenters.